The number of aromatic amines is 1. The Bertz CT molecular complexity index is 1630. The Balaban J connectivity index is 0.909. The number of β-amino-alcohol motifs (C(OH)–C–C–N with tert-alkyl or cyclic N) is 1. The molecule has 2 fully saturated rings. The van der Waals surface area contributed by atoms with Gasteiger partial charge < -0.3 is 29.9 Å². The number of aliphatic hydroxyl groups is 1. The van der Waals surface area contributed by atoms with Crippen LogP contribution in [0.3, 0.4) is 0 Å². The number of carbonyl (C=O) groups is 1. The maximum atomic E-state index is 13.4. The molecule has 3 aliphatic rings. The molecule has 1 aromatic heterocycles. The van der Waals surface area contributed by atoms with Crippen molar-refractivity contribution < 1.29 is 14.6 Å². The van der Waals surface area contributed by atoms with E-state index in [0.29, 0.717) is 37.9 Å². The van der Waals surface area contributed by atoms with Gasteiger partial charge in [-0.25, -0.2) is 0 Å². The molecule has 4 aromatic rings. The van der Waals surface area contributed by atoms with Crippen molar-refractivity contribution in [3.05, 3.63) is 95.2 Å². The molecule has 4 heterocycles. The average molecular weight is 593 g/mol. The average Bonchev–Trinajstić information content (AvgIpc) is 3.64. The molecule has 7 heteroatoms. The van der Waals surface area contributed by atoms with Crippen molar-refractivity contribution in [3.63, 3.8) is 0 Å². The van der Waals surface area contributed by atoms with Crippen LogP contribution < -0.4 is 10.1 Å². The number of ether oxygens (including phenoxy) is 1. The lowest BCUT2D eigenvalue weighted by atomic mass is 9.67. The molecular formula is C37H44N4O3. The molecule has 3 aromatic carbocycles. The first-order chi connectivity index (χ1) is 21.4. The van der Waals surface area contributed by atoms with Crippen LogP contribution in [0.5, 0.6) is 5.75 Å². The Morgan fingerprint density at radius 1 is 1.05 bits per heavy atom. The van der Waals surface area contributed by atoms with E-state index >= 15 is 0 Å². The van der Waals surface area contributed by atoms with E-state index in [9.17, 15) is 9.90 Å². The monoisotopic (exact) mass is 592 g/mol. The van der Waals surface area contributed by atoms with Crippen molar-refractivity contribution in [1.82, 2.24) is 14.8 Å². The van der Waals surface area contributed by atoms with Crippen LogP contribution in [0.1, 0.15) is 53.4 Å². The van der Waals surface area contributed by atoms with Gasteiger partial charge in [0.15, 0.2) is 0 Å². The van der Waals surface area contributed by atoms with Gasteiger partial charge in [0.05, 0.1) is 6.10 Å². The van der Waals surface area contributed by atoms with Crippen LogP contribution in [0, 0.1) is 18.8 Å². The SMILES string of the molecule is Cc1ccc2c(c1)NCC21CCN(CC(O)C2CCN(C(=O)c3cc4ccc(OCc5ccccc5)cc4[nH]3)CC2)CC1C. The Labute approximate surface area is 260 Å². The second-order valence-electron chi connectivity index (χ2n) is 13.4. The van der Waals surface area contributed by atoms with Crippen molar-refractivity contribution in [2.24, 2.45) is 11.8 Å². The topological polar surface area (TPSA) is 80.8 Å². The second-order valence-corrected chi connectivity index (χ2v) is 13.4. The normalized spacial score (nSPS) is 23.1. The number of nitrogens with one attached hydrogen (secondary N) is 2. The third-order valence-electron chi connectivity index (χ3n) is 10.5. The smallest absolute Gasteiger partial charge is 0.270 e. The fourth-order valence-corrected chi connectivity index (χ4v) is 7.80. The second kappa shape index (κ2) is 11.9. The number of H-pyrrole nitrogens is 1. The predicted octanol–water partition coefficient (Wildman–Crippen LogP) is 5.97. The lowest BCUT2D eigenvalue weighted by Gasteiger charge is -2.46. The zero-order valence-corrected chi connectivity index (χ0v) is 25.9. The summed E-state index contributed by atoms with van der Waals surface area (Å²) in [4.78, 5) is 21.1. The molecule has 7 rings (SSSR count). The first-order valence-corrected chi connectivity index (χ1v) is 16.2. The zero-order valence-electron chi connectivity index (χ0n) is 25.9. The minimum atomic E-state index is -0.368. The van der Waals surface area contributed by atoms with Crippen molar-refractivity contribution in [2.45, 2.75) is 51.2 Å². The summed E-state index contributed by atoms with van der Waals surface area (Å²) in [5.74, 6) is 1.53. The van der Waals surface area contributed by atoms with Gasteiger partial charge in [-0.3, -0.25) is 4.79 Å². The number of piperidine rings is 2. The van der Waals surface area contributed by atoms with Gasteiger partial charge in [0, 0.05) is 60.8 Å². The molecular weight excluding hydrogens is 548 g/mol. The van der Waals surface area contributed by atoms with Crippen molar-refractivity contribution >= 4 is 22.5 Å². The number of aliphatic hydroxyl groups excluding tert-OH is 1. The Kier molecular flexibility index (Phi) is 7.85. The lowest BCUT2D eigenvalue weighted by Crippen LogP contribution is -2.52. The van der Waals surface area contributed by atoms with E-state index in [-0.39, 0.29) is 23.3 Å². The number of fused-ring (bicyclic) bond motifs is 3. The fraction of sp³-hybridized carbons (Fsp3) is 0.432. The van der Waals surface area contributed by atoms with Gasteiger partial charge in [-0.15, -0.1) is 0 Å². The van der Waals surface area contributed by atoms with Crippen LogP contribution in [0.25, 0.3) is 10.9 Å². The maximum absolute atomic E-state index is 13.4. The molecule has 0 saturated carbocycles. The van der Waals surface area contributed by atoms with Gasteiger partial charge in [0.1, 0.15) is 18.1 Å². The first kappa shape index (κ1) is 28.9. The molecule has 0 aliphatic carbocycles. The molecule has 3 N–H and O–H groups in total. The number of likely N-dealkylation sites (tertiary alicyclic amines) is 2. The number of benzene rings is 3. The lowest BCUT2D eigenvalue weighted by molar-refractivity contribution is 0.0110. The summed E-state index contributed by atoms with van der Waals surface area (Å²) in [6.07, 6.45) is 2.40. The zero-order chi connectivity index (χ0) is 30.3. The number of anilines is 1. The maximum Gasteiger partial charge on any atom is 0.270 e. The minimum absolute atomic E-state index is 0.0247. The number of carbonyl (C=O) groups excluding carboxylic acids is 1. The van der Waals surface area contributed by atoms with E-state index in [1.165, 1.54) is 16.8 Å². The summed E-state index contributed by atoms with van der Waals surface area (Å²) in [6.45, 7) is 10.1. The number of hydrogen-bond donors (Lipinski definition) is 3. The molecule has 3 aliphatic heterocycles. The molecule has 1 amide bonds. The van der Waals surface area contributed by atoms with Gasteiger partial charge in [0.2, 0.25) is 0 Å². The quantitative estimate of drug-likeness (QED) is 0.246. The number of rotatable bonds is 7. The summed E-state index contributed by atoms with van der Waals surface area (Å²) in [6, 6.07) is 24.8. The first-order valence-electron chi connectivity index (χ1n) is 16.2. The minimum Gasteiger partial charge on any atom is -0.489 e. The van der Waals surface area contributed by atoms with E-state index in [2.05, 4.69) is 47.2 Å². The molecule has 0 bridgehead atoms. The third-order valence-corrected chi connectivity index (χ3v) is 10.5. The van der Waals surface area contributed by atoms with Crippen LogP contribution >= 0.6 is 0 Å². The molecule has 3 unspecified atom stereocenters. The summed E-state index contributed by atoms with van der Waals surface area (Å²) in [5, 5.41) is 15.9. The number of amides is 1. The van der Waals surface area contributed by atoms with Crippen LogP contribution in [0.4, 0.5) is 5.69 Å². The number of hydrogen-bond acceptors (Lipinski definition) is 5. The third kappa shape index (κ3) is 5.59. The van der Waals surface area contributed by atoms with Gasteiger partial charge >= 0.3 is 0 Å². The Hall–Kier alpha value is -3.81. The van der Waals surface area contributed by atoms with Gasteiger partial charge in [-0.2, -0.15) is 0 Å². The van der Waals surface area contributed by atoms with Gasteiger partial charge in [-0.1, -0.05) is 49.4 Å². The largest absolute Gasteiger partial charge is 0.489 e. The van der Waals surface area contributed by atoms with Crippen molar-refractivity contribution in [2.75, 3.05) is 44.6 Å². The van der Waals surface area contributed by atoms with E-state index in [4.69, 9.17) is 4.74 Å². The fourth-order valence-electron chi connectivity index (χ4n) is 7.80. The molecule has 44 heavy (non-hydrogen) atoms. The predicted molar refractivity (Wildman–Crippen MR) is 175 cm³/mol. The highest BCUT2D eigenvalue weighted by Crippen LogP contribution is 2.47. The van der Waals surface area contributed by atoms with Crippen LogP contribution in [0.2, 0.25) is 0 Å². The number of aryl methyl sites for hydroxylation is 1. The number of aromatic nitrogens is 1. The summed E-state index contributed by atoms with van der Waals surface area (Å²) in [7, 11) is 0. The van der Waals surface area contributed by atoms with E-state index in [1.54, 1.807) is 0 Å². The summed E-state index contributed by atoms with van der Waals surface area (Å²) < 4.78 is 5.98. The highest BCUT2D eigenvalue weighted by atomic mass is 16.5. The molecule has 7 nitrogen and oxygen atoms in total. The molecule has 2 saturated heterocycles. The number of nitrogens with zero attached hydrogens (tertiary/aromatic N) is 2. The molecule has 0 radical (unpaired) electrons. The van der Waals surface area contributed by atoms with Gasteiger partial charge in [-0.05, 0) is 85.5 Å². The summed E-state index contributed by atoms with van der Waals surface area (Å²) in [5.41, 5.74) is 6.88. The van der Waals surface area contributed by atoms with Crippen LogP contribution in [-0.2, 0) is 12.0 Å². The van der Waals surface area contributed by atoms with Gasteiger partial charge in [0.25, 0.3) is 5.91 Å². The Morgan fingerprint density at radius 3 is 2.66 bits per heavy atom. The van der Waals surface area contributed by atoms with E-state index in [0.717, 1.165) is 61.1 Å². The molecule has 3 atom stereocenters. The highest BCUT2D eigenvalue weighted by molar-refractivity contribution is 5.98. The van der Waals surface area contributed by atoms with Crippen LogP contribution in [0.15, 0.2) is 72.8 Å². The van der Waals surface area contributed by atoms with Crippen molar-refractivity contribution in [3.8, 4) is 5.75 Å². The van der Waals surface area contributed by atoms with E-state index in [1.807, 2.05) is 59.5 Å². The summed E-state index contributed by atoms with van der Waals surface area (Å²) >= 11 is 0. The Morgan fingerprint density at radius 2 is 1.86 bits per heavy atom. The standard InChI is InChI=1S/C37H44N4O3/c1-25-8-11-31-33(18-25)38-24-37(31)14-17-40(21-26(37)2)22-35(42)28-12-15-41(16-13-28)36(43)34-19-29-9-10-30(20-32(29)39-34)44-23-27-6-4-3-5-7-27/h3-11,18-20,26,28,35,38-39,42H,12-17,21-24H2,1-2H3. The van der Waals surface area contributed by atoms with Crippen molar-refractivity contribution in [1.29, 1.82) is 0 Å². The molecule has 230 valence electrons. The van der Waals surface area contributed by atoms with Crippen LogP contribution in [-0.4, -0.2) is 71.2 Å². The molecule has 1 spiro atoms. The van der Waals surface area contributed by atoms with E-state index < -0.39 is 0 Å². The highest BCUT2D eigenvalue weighted by Gasteiger charge is 2.46.